The molecule has 0 amide bonds. The first-order chi connectivity index (χ1) is 12.6. The molecule has 0 bridgehead atoms. The SMILES string of the molecule is C.CC(C(=O)O)C(CC(=O)OCCCO)C(O)O.CCC(Cl)CCOC(C)=O. The summed E-state index contributed by atoms with van der Waals surface area (Å²) in [6.07, 6.45) is -0.338. The first-order valence-corrected chi connectivity index (χ1v) is 9.13. The maximum absolute atomic E-state index is 11.2. The van der Waals surface area contributed by atoms with Gasteiger partial charge in [0.25, 0.3) is 0 Å². The number of esters is 2. The van der Waals surface area contributed by atoms with Crippen molar-refractivity contribution in [2.24, 2.45) is 11.8 Å². The number of hydrogen-bond acceptors (Lipinski definition) is 8. The number of carboxylic acids is 1. The lowest BCUT2D eigenvalue weighted by Crippen LogP contribution is -2.33. The van der Waals surface area contributed by atoms with Crippen LogP contribution in [-0.4, -0.2) is 69.8 Å². The average molecular weight is 431 g/mol. The summed E-state index contributed by atoms with van der Waals surface area (Å²) < 4.78 is 9.37. The Bertz CT molecular complexity index is 429. The van der Waals surface area contributed by atoms with Crippen molar-refractivity contribution in [3.63, 3.8) is 0 Å². The van der Waals surface area contributed by atoms with E-state index < -0.39 is 36.5 Å². The molecule has 0 saturated carbocycles. The molecular weight excluding hydrogens is 396 g/mol. The summed E-state index contributed by atoms with van der Waals surface area (Å²) in [5.74, 6) is -4.36. The summed E-state index contributed by atoms with van der Waals surface area (Å²) in [4.78, 5) is 32.2. The monoisotopic (exact) mass is 430 g/mol. The van der Waals surface area contributed by atoms with Gasteiger partial charge in [-0.3, -0.25) is 14.4 Å². The van der Waals surface area contributed by atoms with E-state index in [9.17, 15) is 14.4 Å². The normalized spacial score (nSPS) is 13.3. The largest absolute Gasteiger partial charge is 0.481 e. The lowest BCUT2D eigenvalue weighted by Gasteiger charge is -2.21. The van der Waals surface area contributed by atoms with Crippen molar-refractivity contribution in [3.05, 3.63) is 0 Å². The van der Waals surface area contributed by atoms with E-state index in [1.807, 2.05) is 6.92 Å². The quantitative estimate of drug-likeness (QED) is 0.156. The molecule has 0 aliphatic carbocycles. The molecule has 0 aliphatic rings. The fourth-order valence-electron chi connectivity index (χ4n) is 1.76. The molecule has 3 unspecified atom stereocenters. The van der Waals surface area contributed by atoms with Crippen molar-refractivity contribution < 1.29 is 44.3 Å². The van der Waals surface area contributed by atoms with E-state index in [1.54, 1.807) is 0 Å². The van der Waals surface area contributed by atoms with Crippen LogP contribution in [-0.2, 0) is 23.9 Å². The smallest absolute Gasteiger partial charge is 0.306 e. The molecule has 0 fully saturated rings. The van der Waals surface area contributed by atoms with Gasteiger partial charge in [0.15, 0.2) is 6.29 Å². The van der Waals surface area contributed by atoms with Crippen LogP contribution in [0.5, 0.6) is 0 Å². The van der Waals surface area contributed by atoms with Gasteiger partial charge in [-0.15, -0.1) is 11.6 Å². The van der Waals surface area contributed by atoms with Crippen molar-refractivity contribution >= 4 is 29.5 Å². The van der Waals surface area contributed by atoms with Crippen LogP contribution in [0.1, 0.15) is 53.9 Å². The third kappa shape index (κ3) is 18.0. The van der Waals surface area contributed by atoms with Gasteiger partial charge in [-0.25, -0.2) is 0 Å². The van der Waals surface area contributed by atoms with Gasteiger partial charge in [-0.05, 0) is 12.8 Å². The summed E-state index contributed by atoms with van der Waals surface area (Å²) in [5.41, 5.74) is 0. The fraction of sp³-hybridized carbons (Fsp3) is 0.833. The Labute approximate surface area is 171 Å². The predicted octanol–water partition coefficient (Wildman–Crippen LogP) is 1.54. The van der Waals surface area contributed by atoms with Crippen LogP contribution < -0.4 is 0 Å². The molecule has 4 N–H and O–H groups in total. The van der Waals surface area contributed by atoms with Gasteiger partial charge in [0.2, 0.25) is 0 Å². The molecule has 0 aromatic heterocycles. The second-order valence-corrected chi connectivity index (χ2v) is 6.46. The molecule has 0 aromatic carbocycles. The van der Waals surface area contributed by atoms with Gasteiger partial charge in [0.05, 0.1) is 25.6 Å². The zero-order valence-electron chi connectivity index (χ0n) is 16.0. The van der Waals surface area contributed by atoms with Crippen LogP contribution in [0.15, 0.2) is 0 Å². The number of ether oxygens (including phenoxy) is 2. The average Bonchev–Trinajstić information content (AvgIpc) is 2.59. The molecule has 0 aromatic rings. The first-order valence-electron chi connectivity index (χ1n) is 8.69. The van der Waals surface area contributed by atoms with Crippen LogP contribution in [0.25, 0.3) is 0 Å². The first kappa shape index (κ1) is 31.3. The number of halogens is 1. The molecule has 0 radical (unpaired) electrons. The number of hydrogen-bond donors (Lipinski definition) is 4. The molecule has 168 valence electrons. The minimum absolute atomic E-state index is 0. The summed E-state index contributed by atoms with van der Waals surface area (Å²) in [5, 5.41) is 35.3. The van der Waals surface area contributed by atoms with Crippen LogP contribution in [0.3, 0.4) is 0 Å². The van der Waals surface area contributed by atoms with Crippen LogP contribution in [0.2, 0.25) is 0 Å². The lowest BCUT2D eigenvalue weighted by molar-refractivity contribution is -0.161. The van der Waals surface area contributed by atoms with Gasteiger partial charge in [0.1, 0.15) is 0 Å². The number of alkyl halides is 1. The van der Waals surface area contributed by atoms with Crippen molar-refractivity contribution in [2.75, 3.05) is 19.8 Å². The van der Waals surface area contributed by atoms with E-state index in [-0.39, 0.29) is 38.4 Å². The van der Waals surface area contributed by atoms with E-state index in [1.165, 1.54) is 13.8 Å². The van der Waals surface area contributed by atoms with Gasteiger partial charge in [-0.1, -0.05) is 21.3 Å². The van der Waals surface area contributed by atoms with E-state index in [0.29, 0.717) is 6.61 Å². The minimum Gasteiger partial charge on any atom is -0.481 e. The Hall–Kier alpha value is -1.42. The fourth-order valence-corrected chi connectivity index (χ4v) is 1.85. The molecular formula is C18H35ClO9. The summed E-state index contributed by atoms with van der Waals surface area (Å²) in [6, 6.07) is 0. The molecule has 0 heterocycles. The zero-order chi connectivity index (χ0) is 21.4. The third-order valence-electron chi connectivity index (χ3n) is 3.56. The molecule has 3 atom stereocenters. The molecule has 9 nitrogen and oxygen atoms in total. The Morgan fingerprint density at radius 1 is 1.11 bits per heavy atom. The van der Waals surface area contributed by atoms with E-state index in [2.05, 4.69) is 4.74 Å². The second-order valence-electron chi connectivity index (χ2n) is 5.84. The summed E-state index contributed by atoms with van der Waals surface area (Å²) in [7, 11) is 0. The Morgan fingerprint density at radius 2 is 1.68 bits per heavy atom. The van der Waals surface area contributed by atoms with E-state index >= 15 is 0 Å². The number of aliphatic hydroxyl groups excluding tert-OH is 2. The van der Waals surface area contributed by atoms with Crippen LogP contribution >= 0.6 is 11.6 Å². The van der Waals surface area contributed by atoms with Crippen molar-refractivity contribution in [1.29, 1.82) is 0 Å². The van der Waals surface area contributed by atoms with Gasteiger partial charge in [0, 0.05) is 31.2 Å². The van der Waals surface area contributed by atoms with Crippen LogP contribution in [0, 0.1) is 11.8 Å². The van der Waals surface area contributed by atoms with Crippen molar-refractivity contribution in [1.82, 2.24) is 0 Å². The predicted molar refractivity (Wildman–Crippen MR) is 104 cm³/mol. The Morgan fingerprint density at radius 3 is 2.07 bits per heavy atom. The van der Waals surface area contributed by atoms with E-state index in [0.717, 1.165) is 12.8 Å². The molecule has 28 heavy (non-hydrogen) atoms. The standard InChI is InChI=1S/C10H18O7.C7H13ClO2.CH4/c1-6(9(13)14)7(10(15)16)5-8(12)17-4-2-3-11;1-3-7(8)4-5-10-6(2)9;/h6-7,10-11,15-16H,2-5H2,1H3,(H,13,14);7H,3-5H2,1-2H3;1H4. The van der Waals surface area contributed by atoms with Crippen molar-refractivity contribution in [2.45, 2.75) is 65.5 Å². The number of aliphatic hydroxyl groups is 3. The Balaban J connectivity index is -0.000000489. The molecule has 0 spiro atoms. The third-order valence-corrected chi connectivity index (χ3v) is 4.09. The lowest BCUT2D eigenvalue weighted by atomic mass is 9.90. The van der Waals surface area contributed by atoms with Crippen LogP contribution in [0.4, 0.5) is 0 Å². The summed E-state index contributed by atoms with van der Waals surface area (Å²) >= 11 is 5.76. The van der Waals surface area contributed by atoms with Gasteiger partial charge < -0.3 is 29.9 Å². The van der Waals surface area contributed by atoms with E-state index in [4.69, 9.17) is 36.8 Å². The number of carbonyl (C=O) groups is 3. The number of carboxylic acid groups (broad SMARTS) is 1. The second kappa shape index (κ2) is 18.9. The highest BCUT2D eigenvalue weighted by Crippen LogP contribution is 2.20. The molecule has 10 heteroatoms. The Kier molecular flexibility index (Phi) is 21.1. The number of carbonyl (C=O) groups excluding carboxylic acids is 2. The van der Waals surface area contributed by atoms with Gasteiger partial charge >= 0.3 is 17.9 Å². The summed E-state index contributed by atoms with van der Waals surface area (Å²) in [6.45, 7) is 5.03. The maximum atomic E-state index is 11.2. The minimum atomic E-state index is -1.90. The van der Waals surface area contributed by atoms with Gasteiger partial charge in [-0.2, -0.15) is 0 Å². The maximum Gasteiger partial charge on any atom is 0.306 e. The highest BCUT2D eigenvalue weighted by molar-refractivity contribution is 6.20. The topological polar surface area (TPSA) is 151 Å². The molecule has 0 aliphatic heterocycles. The highest BCUT2D eigenvalue weighted by atomic mass is 35.5. The number of rotatable bonds is 12. The molecule has 0 rings (SSSR count). The number of aliphatic carboxylic acids is 1. The van der Waals surface area contributed by atoms with Crippen molar-refractivity contribution in [3.8, 4) is 0 Å². The zero-order valence-corrected chi connectivity index (χ0v) is 16.7. The highest BCUT2D eigenvalue weighted by Gasteiger charge is 2.31. The molecule has 0 saturated heterocycles.